The van der Waals surface area contributed by atoms with Gasteiger partial charge in [-0.3, -0.25) is 13.7 Å². The molecule has 0 radical (unpaired) electrons. The first-order chi connectivity index (χ1) is 24.7. The Balaban J connectivity index is 1.45. The minimum Gasteiger partial charge on any atom is -0.286 e. The molecule has 3 aliphatic heterocycles. The number of benzene rings is 2. The van der Waals surface area contributed by atoms with E-state index in [1.54, 1.807) is 30.4 Å². The summed E-state index contributed by atoms with van der Waals surface area (Å²) < 4.78 is 108. The van der Waals surface area contributed by atoms with E-state index in [0.29, 0.717) is 47.8 Å². The third kappa shape index (κ3) is 8.33. The molecule has 53 heavy (non-hydrogen) atoms. The molecule has 2 aromatic rings. The van der Waals surface area contributed by atoms with Gasteiger partial charge in [0, 0.05) is 53.5 Å². The van der Waals surface area contributed by atoms with Gasteiger partial charge in [0.05, 0.1) is 40.1 Å². The summed E-state index contributed by atoms with van der Waals surface area (Å²) in [4.78, 5) is 0.388. The molecule has 1 spiro atoms. The zero-order chi connectivity index (χ0) is 39.0. The van der Waals surface area contributed by atoms with Gasteiger partial charge in [-0.15, -0.1) is 4.33 Å². The van der Waals surface area contributed by atoms with Crippen LogP contribution in [0.2, 0.25) is 0 Å². The van der Waals surface area contributed by atoms with Gasteiger partial charge in [0.2, 0.25) is 11.1 Å². The van der Waals surface area contributed by atoms with Crippen molar-refractivity contribution >= 4 is 59.5 Å². The molecule has 0 aromatic heterocycles. The van der Waals surface area contributed by atoms with Gasteiger partial charge in [-0.05, 0) is 64.5 Å². The molecular formula is C35H44N2O12S4+2. The lowest BCUT2D eigenvalue weighted by Gasteiger charge is -2.37. The van der Waals surface area contributed by atoms with Gasteiger partial charge in [-0.25, -0.2) is 9.74 Å². The molecule has 0 aliphatic carbocycles. The molecule has 1 fully saturated rings. The van der Waals surface area contributed by atoms with Crippen LogP contribution in [-0.2, 0) is 50.6 Å². The first-order valence-corrected chi connectivity index (χ1v) is 22.0. The molecular weight excluding hydrogens is 769 g/mol. The fourth-order valence-electron chi connectivity index (χ4n) is 7.98. The topological polar surface area (TPSA) is 205 Å². The summed E-state index contributed by atoms with van der Waals surface area (Å²) in [6.45, 7) is 8.66. The minimum atomic E-state index is -4.53. The zero-order valence-electron chi connectivity index (χ0n) is 29.6. The first kappa shape index (κ1) is 41.2. The van der Waals surface area contributed by atoms with E-state index in [9.17, 15) is 38.9 Å². The van der Waals surface area contributed by atoms with Crippen LogP contribution in [0.4, 0.5) is 11.4 Å². The number of quaternary nitrogens is 1. The fraction of sp³-hybridized carbons (Fsp3) is 0.400. The van der Waals surface area contributed by atoms with Crippen molar-refractivity contribution in [2.75, 3.05) is 18.8 Å². The molecule has 2 aromatic carbocycles. The molecule has 2 unspecified atom stereocenters. The Labute approximate surface area is 314 Å². The standard InChI is InChI=1S/C35H42N2O12S4/c1-34(2)27-23-25(50-49-48-38)16-18-29(27)36(20-10-11-22-51(39,40)41)31(34)13-8-6-5-7-9-14-32-35(3,4)28-24-26(52(42,43)44)17-19-30(28)37(32)21-12-15-33(37)53(45,46)47/h5-9,13-14,16-19,23-24,33H,10-12,15,20-22H2,1-4H3,(H2-2,38,39,40,41,42,43,44,45,46,47)/p+2/b6-5+,9-7+,13-8+,32-14+. The Hall–Kier alpha value is -3.01. The van der Waals surface area contributed by atoms with Crippen molar-refractivity contribution in [1.29, 1.82) is 0 Å². The maximum Gasteiger partial charge on any atom is 0.320 e. The van der Waals surface area contributed by atoms with E-state index in [1.165, 1.54) is 18.2 Å². The summed E-state index contributed by atoms with van der Waals surface area (Å²) in [7, 11) is -13.1. The molecule has 3 heterocycles. The van der Waals surface area contributed by atoms with E-state index in [-0.39, 0.29) is 28.0 Å². The maximum absolute atomic E-state index is 12.7. The highest BCUT2D eigenvalue weighted by Crippen LogP contribution is 2.57. The first-order valence-electron chi connectivity index (χ1n) is 16.7. The Morgan fingerprint density at radius 3 is 2.25 bits per heavy atom. The van der Waals surface area contributed by atoms with Crippen molar-refractivity contribution in [1.82, 2.24) is 4.48 Å². The van der Waals surface area contributed by atoms with Crippen molar-refractivity contribution in [2.24, 2.45) is 0 Å². The van der Waals surface area contributed by atoms with Gasteiger partial charge in [-0.2, -0.15) is 29.8 Å². The Kier molecular flexibility index (Phi) is 11.8. The summed E-state index contributed by atoms with van der Waals surface area (Å²) in [5, 5.41) is 11.2. The molecule has 1 saturated heterocycles. The molecule has 4 N–H and O–H groups in total. The number of nitrogens with zero attached hydrogens (tertiary/aromatic N) is 2. The van der Waals surface area contributed by atoms with Crippen molar-refractivity contribution in [3.05, 3.63) is 95.8 Å². The Bertz CT molecular complexity index is 2260. The smallest absolute Gasteiger partial charge is 0.286 e. The molecule has 2 atom stereocenters. The highest BCUT2D eigenvalue weighted by molar-refractivity contribution is 7.94. The number of unbranched alkanes of at least 4 members (excludes halogenated alkanes) is 1. The number of rotatable bonds is 14. The number of hydrogen-bond donors (Lipinski definition) is 4. The highest BCUT2D eigenvalue weighted by Gasteiger charge is 2.62. The second kappa shape index (κ2) is 15.3. The van der Waals surface area contributed by atoms with Crippen LogP contribution in [0, 0.1) is 0 Å². The lowest BCUT2D eigenvalue weighted by molar-refractivity contribution is -0.438. The van der Waals surface area contributed by atoms with Crippen molar-refractivity contribution in [2.45, 2.75) is 79.4 Å². The second-order valence-electron chi connectivity index (χ2n) is 14.2. The van der Waals surface area contributed by atoms with Crippen LogP contribution in [0.25, 0.3) is 0 Å². The zero-order valence-corrected chi connectivity index (χ0v) is 32.9. The molecule has 0 saturated carbocycles. The van der Waals surface area contributed by atoms with Crippen LogP contribution < -0.4 is 4.48 Å². The minimum absolute atomic E-state index is 0.172. The van der Waals surface area contributed by atoms with Crippen LogP contribution >= 0.6 is 12.0 Å². The maximum atomic E-state index is 12.7. The van der Waals surface area contributed by atoms with Gasteiger partial charge in [0.25, 0.3) is 20.2 Å². The summed E-state index contributed by atoms with van der Waals surface area (Å²) in [6.07, 6.45) is 14.2. The molecule has 288 valence electrons. The predicted octanol–water partition coefficient (Wildman–Crippen LogP) is 6.26. The summed E-state index contributed by atoms with van der Waals surface area (Å²) in [5.74, 6) is -0.340. The Morgan fingerprint density at radius 1 is 0.887 bits per heavy atom. The second-order valence-corrected chi connectivity index (χ2v) is 19.6. The fourth-order valence-corrected chi connectivity index (χ4v) is 10.7. The molecule has 3 aliphatic rings. The number of allylic oxidation sites excluding steroid dienone is 8. The van der Waals surface area contributed by atoms with Gasteiger partial charge < -0.3 is 0 Å². The molecule has 0 amide bonds. The third-order valence-corrected chi connectivity index (χ3v) is 13.8. The van der Waals surface area contributed by atoms with E-state index in [0.717, 1.165) is 29.0 Å². The van der Waals surface area contributed by atoms with Crippen LogP contribution in [-0.4, -0.2) is 78.7 Å². The van der Waals surface area contributed by atoms with E-state index in [1.807, 2.05) is 44.2 Å². The monoisotopic (exact) mass is 812 g/mol. The normalized spacial score (nSPS) is 23.4. The predicted molar refractivity (Wildman–Crippen MR) is 202 cm³/mol. The van der Waals surface area contributed by atoms with Gasteiger partial charge in [-0.1, -0.05) is 35.4 Å². The van der Waals surface area contributed by atoms with Crippen LogP contribution in [0.1, 0.15) is 64.5 Å². The van der Waals surface area contributed by atoms with Gasteiger partial charge in [0.1, 0.15) is 17.9 Å². The summed E-state index contributed by atoms with van der Waals surface area (Å²) >= 11 is 0.844. The third-order valence-electron chi connectivity index (χ3n) is 10.2. The summed E-state index contributed by atoms with van der Waals surface area (Å²) in [6, 6.07) is 9.78. The van der Waals surface area contributed by atoms with Crippen LogP contribution in [0.15, 0.2) is 94.4 Å². The van der Waals surface area contributed by atoms with E-state index >= 15 is 0 Å². The lowest BCUT2D eigenvalue weighted by atomic mass is 9.81. The molecule has 14 nitrogen and oxygen atoms in total. The molecule has 18 heteroatoms. The summed E-state index contributed by atoms with van der Waals surface area (Å²) in [5.41, 5.74) is 3.22. The van der Waals surface area contributed by atoms with Crippen molar-refractivity contribution in [3.63, 3.8) is 0 Å². The largest absolute Gasteiger partial charge is 0.320 e. The van der Waals surface area contributed by atoms with Crippen molar-refractivity contribution < 1.29 is 58.1 Å². The SMILES string of the molecule is CC1(C)C(/C=C/C=C/C=C/C=C2\C(C)(C)c3cc(S(=O)(=O)O)ccc3[N+]23CCCC3S(=O)(=O)O)=[N+](CCCCS(=O)(=O)O)c2ccc(SOOO)cc21. The quantitative estimate of drug-likeness (QED) is 0.0243. The number of fused-ring (bicyclic) bond motifs is 3. The van der Waals surface area contributed by atoms with Gasteiger partial charge in [0.15, 0.2) is 5.71 Å². The van der Waals surface area contributed by atoms with E-state index < -0.39 is 46.6 Å². The van der Waals surface area contributed by atoms with E-state index in [2.05, 4.69) is 27.8 Å². The van der Waals surface area contributed by atoms with Crippen LogP contribution in [0.3, 0.4) is 0 Å². The molecule has 5 rings (SSSR count). The van der Waals surface area contributed by atoms with Gasteiger partial charge >= 0.3 is 10.1 Å². The highest BCUT2D eigenvalue weighted by atomic mass is 32.2. The van der Waals surface area contributed by atoms with Crippen LogP contribution in [0.5, 0.6) is 0 Å². The average Bonchev–Trinajstić information content (AvgIpc) is 3.65. The van der Waals surface area contributed by atoms with Crippen molar-refractivity contribution in [3.8, 4) is 0 Å². The molecule has 0 bridgehead atoms. The lowest BCUT2D eigenvalue weighted by Crippen LogP contribution is -2.55. The van der Waals surface area contributed by atoms with E-state index in [4.69, 9.17) is 5.26 Å². The number of hydrogen-bond acceptors (Lipinski definition) is 10. The Morgan fingerprint density at radius 2 is 1.58 bits per heavy atom. The average molecular weight is 813 g/mol.